The molecule has 0 fully saturated rings. The van der Waals surface area contributed by atoms with Crippen LogP contribution < -0.4 is 0 Å². The van der Waals surface area contributed by atoms with E-state index in [2.05, 4.69) is 29.7 Å². The molecule has 31 valence electrons. The molecule has 0 saturated carbocycles. The summed E-state index contributed by atoms with van der Waals surface area (Å²) >= 11 is 4.52. The number of allylic oxidation sites excluding steroid dienone is 2. The molecule has 1 aliphatic carbocycles. The Labute approximate surface area is 42.9 Å². The van der Waals surface area contributed by atoms with Crippen LogP contribution in [0.1, 0.15) is 6.42 Å². The summed E-state index contributed by atoms with van der Waals surface area (Å²) in [6.45, 7) is 0. The summed E-state index contributed by atoms with van der Waals surface area (Å²) < 4.78 is 0. The Bertz CT molecular complexity index is 83.9. The smallest absolute Gasteiger partial charge is 0.0369 e. The first kappa shape index (κ1) is 4.00. The average molecular weight is 97.2 g/mol. The summed E-state index contributed by atoms with van der Waals surface area (Å²) in [4.78, 5) is 0. The van der Waals surface area contributed by atoms with E-state index in [-0.39, 0.29) is 0 Å². The summed E-state index contributed by atoms with van der Waals surface area (Å²) in [6, 6.07) is 0. The molecule has 0 aromatic rings. The van der Waals surface area contributed by atoms with E-state index in [4.69, 9.17) is 0 Å². The van der Waals surface area contributed by atoms with Crippen LogP contribution in [0.15, 0.2) is 12.2 Å². The van der Waals surface area contributed by atoms with Crippen molar-refractivity contribution >= 4 is 17.6 Å². The predicted octanol–water partition coefficient (Wildman–Crippen LogP) is 1.44. The van der Waals surface area contributed by atoms with Crippen molar-refractivity contribution in [2.24, 2.45) is 5.92 Å². The number of rotatable bonds is 1. The Morgan fingerprint density at radius 1 is 1.83 bits per heavy atom. The highest BCUT2D eigenvalue weighted by Crippen LogP contribution is 2.12. The first-order chi connectivity index (χ1) is 2.93. The van der Waals surface area contributed by atoms with E-state index >= 15 is 0 Å². The van der Waals surface area contributed by atoms with Crippen molar-refractivity contribution in [2.75, 3.05) is 0 Å². The molecule has 0 N–H and O–H groups in total. The van der Waals surface area contributed by atoms with Crippen molar-refractivity contribution in [3.8, 4) is 0 Å². The lowest BCUT2D eigenvalue weighted by Crippen LogP contribution is -2.00. The van der Waals surface area contributed by atoms with E-state index in [0.29, 0.717) is 5.92 Å². The van der Waals surface area contributed by atoms with E-state index in [1.807, 2.05) is 0 Å². The summed E-state index contributed by atoms with van der Waals surface area (Å²) in [5, 5.41) is 2.70. The van der Waals surface area contributed by atoms with Crippen LogP contribution in [-0.2, 0) is 0 Å². The lowest BCUT2D eigenvalue weighted by atomic mass is 9.98. The third-order valence-electron chi connectivity index (χ3n) is 0.910. The van der Waals surface area contributed by atoms with Gasteiger partial charge in [0.05, 0.1) is 0 Å². The maximum Gasteiger partial charge on any atom is 0.0369 e. The molecule has 1 atom stereocenters. The SMILES string of the molecule is S=[C]C1C=CC1. The summed E-state index contributed by atoms with van der Waals surface area (Å²) in [5.41, 5.74) is 0. The van der Waals surface area contributed by atoms with Gasteiger partial charge in [0, 0.05) is 11.3 Å². The Hall–Kier alpha value is -0.170. The van der Waals surface area contributed by atoms with Crippen LogP contribution in [0.25, 0.3) is 0 Å². The molecule has 0 aromatic carbocycles. The molecule has 0 aliphatic heterocycles. The van der Waals surface area contributed by atoms with Crippen molar-refractivity contribution in [1.82, 2.24) is 0 Å². The summed E-state index contributed by atoms with van der Waals surface area (Å²) in [6.07, 6.45) is 5.28. The van der Waals surface area contributed by atoms with Crippen LogP contribution in [0.4, 0.5) is 0 Å². The normalized spacial score (nSPS) is 29.0. The van der Waals surface area contributed by atoms with Gasteiger partial charge in [-0.15, -0.1) is 0 Å². The predicted molar refractivity (Wildman–Crippen MR) is 29.8 cm³/mol. The number of hydrogen-bond acceptors (Lipinski definition) is 1. The van der Waals surface area contributed by atoms with Gasteiger partial charge in [-0.3, -0.25) is 0 Å². The van der Waals surface area contributed by atoms with Gasteiger partial charge >= 0.3 is 0 Å². The van der Waals surface area contributed by atoms with Gasteiger partial charge in [0.1, 0.15) is 0 Å². The van der Waals surface area contributed by atoms with E-state index in [9.17, 15) is 0 Å². The summed E-state index contributed by atoms with van der Waals surface area (Å²) in [7, 11) is 0. The first-order valence-electron chi connectivity index (χ1n) is 1.98. The third kappa shape index (κ3) is 0.500. The monoisotopic (exact) mass is 97.0 g/mol. The minimum absolute atomic E-state index is 0.500. The lowest BCUT2D eigenvalue weighted by Gasteiger charge is -2.07. The lowest BCUT2D eigenvalue weighted by molar-refractivity contribution is 0.830. The van der Waals surface area contributed by atoms with Gasteiger partial charge < -0.3 is 0 Å². The first-order valence-corrected chi connectivity index (χ1v) is 2.38. The minimum Gasteiger partial charge on any atom is -0.0869 e. The molecular formula is C5H5S. The zero-order valence-electron chi connectivity index (χ0n) is 3.35. The molecule has 0 nitrogen and oxygen atoms in total. The Kier molecular flexibility index (Phi) is 1.01. The minimum atomic E-state index is 0.500. The average Bonchev–Trinajstić information content (AvgIpc) is 1.31. The highest BCUT2D eigenvalue weighted by molar-refractivity contribution is 7.79. The van der Waals surface area contributed by atoms with Crippen LogP contribution in [0.2, 0.25) is 0 Å². The fourth-order valence-electron chi connectivity index (χ4n) is 0.360. The molecule has 1 radical (unpaired) electrons. The molecule has 1 heteroatoms. The van der Waals surface area contributed by atoms with Crippen LogP contribution >= 0.6 is 12.2 Å². The van der Waals surface area contributed by atoms with E-state index < -0.39 is 0 Å². The van der Waals surface area contributed by atoms with Gasteiger partial charge in [-0.2, -0.15) is 0 Å². The van der Waals surface area contributed by atoms with Gasteiger partial charge in [-0.1, -0.05) is 24.4 Å². The van der Waals surface area contributed by atoms with Crippen LogP contribution in [0.5, 0.6) is 0 Å². The largest absolute Gasteiger partial charge is 0.0869 e. The molecule has 1 aliphatic rings. The second kappa shape index (κ2) is 1.52. The number of thiocarbonyl (C=S) groups is 1. The third-order valence-corrected chi connectivity index (χ3v) is 1.21. The van der Waals surface area contributed by atoms with Crippen molar-refractivity contribution in [1.29, 1.82) is 0 Å². The van der Waals surface area contributed by atoms with Crippen LogP contribution in [0.3, 0.4) is 0 Å². The van der Waals surface area contributed by atoms with Crippen molar-refractivity contribution in [3.63, 3.8) is 0 Å². The molecule has 0 bridgehead atoms. The van der Waals surface area contributed by atoms with E-state index in [1.54, 1.807) is 0 Å². The van der Waals surface area contributed by atoms with Crippen LogP contribution in [-0.4, -0.2) is 5.37 Å². The molecule has 0 aromatic heterocycles. The quantitative estimate of drug-likeness (QED) is 0.352. The van der Waals surface area contributed by atoms with Gasteiger partial charge in [0.25, 0.3) is 0 Å². The van der Waals surface area contributed by atoms with Crippen molar-refractivity contribution in [3.05, 3.63) is 12.2 Å². The maximum absolute atomic E-state index is 4.52. The number of hydrogen-bond donors (Lipinski definition) is 0. The highest BCUT2D eigenvalue weighted by atomic mass is 32.1. The van der Waals surface area contributed by atoms with Gasteiger partial charge in [-0.05, 0) is 6.42 Å². The zero-order chi connectivity index (χ0) is 4.41. The van der Waals surface area contributed by atoms with E-state index in [0.717, 1.165) is 6.42 Å². The Morgan fingerprint density at radius 3 is 2.50 bits per heavy atom. The zero-order valence-corrected chi connectivity index (χ0v) is 4.16. The second-order valence-electron chi connectivity index (χ2n) is 1.39. The molecule has 0 spiro atoms. The Balaban J connectivity index is 2.39. The highest BCUT2D eigenvalue weighted by Gasteiger charge is 2.03. The molecule has 0 amide bonds. The Morgan fingerprint density at radius 2 is 2.50 bits per heavy atom. The van der Waals surface area contributed by atoms with E-state index in [1.165, 1.54) is 0 Å². The van der Waals surface area contributed by atoms with Crippen molar-refractivity contribution < 1.29 is 0 Å². The molecule has 1 rings (SSSR count). The molecule has 0 saturated heterocycles. The molecule has 6 heavy (non-hydrogen) atoms. The topological polar surface area (TPSA) is 0 Å². The van der Waals surface area contributed by atoms with Crippen molar-refractivity contribution in [2.45, 2.75) is 6.42 Å². The fourth-order valence-corrected chi connectivity index (χ4v) is 0.534. The second-order valence-corrected chi connectivity index (χ2v) is 1.62. The molecule has 1 unspecified atom stereocenters. The van der Waals surface area contributed by atoms with Gasteiger partial charge in [0.2, 0.25) is 0 Å². The summed E-state index contributed by atoms with van der Waals surface area (Å²) in [5.74, 6) is 0.500. The standard InChI is InChI=1S/C5H5S/c6-4-5-2-1-3-5/h1-2,5H,3H2. The molecular weight excluding hydrogens is 92.1 g/mol. The van der Waals surface area contributed by atoms with Gasteiger partial charge in [-0.25, -0.2) is 0 Å². The van der Waals surface area contributed by atoms with Crippen LogP contribution in [0, 0.1) is 5.92 Å². The fraction of sp³-hybridized carbons (Fsp3) is 0.400. The molecule has 0 heterocycles. The van der Waals surface area contributed by atoms with Gasteiger partial charge in [0.15, 0.2) is 0 Å². The maximum atomic E-state index is 4.52.